The first-order valence-electron chi connectivity index (χ1n) is 7.13. The van der Waals surface area contributed by atoms with E-state index in [4.69, 9.17) is 0 Å². The number of hydrogen-bond acceptors (Lipinski definition) is 5. The fraction of sp³-hybridized carbons (Fsp3) is 0.267. The van der Waals surface area contributed by atoms with E-state index in [-0.39, 0.29) is 0 Å². The smallest absolute Gasteiger partial charge is 0.182 e. The Hall–Kier alpha value is -2.47. The van der Waals surface area contributed by atoms with Gasteiger partial charge in [0.05, 0.1) is 0 Å². The van der Waals surface area contributed by atoms with E-state index < -0.39 is 0 Å². The molecule has 1 saturated heterocycles. The van der Waals surface area contributed by atoms with Crippen LogP contribution < -0.4 is 10.2 Å². The molecule has 106 valence electrons. The van der Waals surface area contributed by atoms with Gasteiger partial charge in [0.25, 0.3) is 0 Å². The second-order valence-corrected chi connectivity index (χ2v) is 5.10. The molecule has 1 aliphatic heterocycles. The molecule has 0 aliphatic carbocycles. The third-order valence-electron chi connectivity index (χ3n) is 3.74. The van der Waals surface area contributed by atoms with Crippen LogP contribution >= 0.6 is 0 Å². The molecular weight excluding hydrogens is 264 g/mol. The van der Waals surface area contributed by atoms with Crippen LogP contribution in [0.3, 0.4) is 0 Å². The molecule has 1 fully saturated rings. The van der Waals surface area contributed by atoms with Crippen molar-refractivity contribution in [1.29, 1.82) is 0 Å². The summed E-state index contributed by atoms with van der Waals surface area (Å²) in [5, 5.41) is 7.88. The van der Waals surface area contributed by atoms with E-state index >= 15 is 0 Å². The highest BCUT2D eigenvalue weighted by atomic mass is 15.3. The quantitative estimate of drug-likeness (QED) is 0.764. The number of anilines is 1. The van der Waals surface area contributed by atoms with Crippen molar-refractivity contribution < 1.29 is 0 Å². The SMILES string of the molecule is c1cc(-c2nc3cc(N4CCNCC4)ccn3n2)ccn1. The van der Waals surface area contributed by atoms with E-state index in [2.05, 4.69) is 37.4 Å². The summed E-state index contributed by atoms with van der Waals surface area (Å²) in [6.45, 7) is 4.11. The van der Waals surface area contributed by atoms with Crippen LogP contribution in [0.5, 0.6) is 0 Å². The number of pyridine rings is 2. The minimum Gasteiger partial charge on any atom is -0.369 e. The van der Waals surface area contributed by atoms with Crippen LogP contribution in [0.4, 0.5) is 5.69 Å². The largest absolute Gasteiger partial charge is 0.369 e. The average Bonchev–Trinajstić information content (AvgIpc) is 2.99. The van der Waals surface area contributed by atoms with E-state index in [1.807, 2.05) is 22.8 Å². The van der Waals surface area contributed by atoms with Crippen molar-refractivity contribution in [3.05, 3.63) is 42.9 Å². The third kappa shape index (κ3) is 2.34. The number of fused-ring (bicyclic) bond motifs is 1. The molecule has 1 aliphatic rings. The first-order valence-corrected chi connectivity index (χ1v) is 7.13. The minimum absolute atomic E-state index is 0.731. The van der Waals surface area contributed by atoms with Crippen LogP contribution in [0.25, 0.3) is 17.0 Å². The number of nitrogens with one attached hydrogen (secondary N) is 1. The highest BCUT2D eigenvalue weighted by Gasteiger charge is 2.12. The molecule has 6 heteroatoms. The van der Waals surface area contributed by atoms with E-state index in [9.17, 15) is 0 Å². The van der Waals surface area contributed by atoms with Gasteiger partial charge in [-0.15, -0.1) is 5.10 Å². The van der Waals surface area contributed by atoms with Crippen LogP contribution in [0.1, 0.15) is 0 Å². The second-order valence-electron chi connectivity index (χ2n) is 5.10. The van der Waals surface area contributed by atoms with Crippen molar-refractivity contribution in [2.45, 2.75) is 0 Å². The number of rotatable bonds is 2. The lowest BCUT2D eigenvalue weighted by molar-refractivity contribution is 0.589. The predicted octanol–water partition coefficient (Wildman–Crippen LogP) is 1.20. The second kappa shape index (κ2) is 5.14. The summed E-state index contributed by atoms with van der Waals surface area (Å²) in [5.74, 6) is 0.731. The highest BCUT2D eigenvalue weighted by Crippen LogP contribution is 2.19. The van der Waals surface area contributed by atoms with Gasteiger partial charge in [0.15, 0.2) is 11.5 Å². The molecule has 21 heavy (non-hydrogen) atoms. The maximum atomic E-state index is 4.62. The Labute approximate surface area is 122 Å². The van der Waals surface area contributed by atoms with Gasteiger partial charge >= 0.3 is 0 Å². The monoisotopic (exact) mass is 280 g/mol. The molecule has 0 spiro atoms. The zero-order valence-electron chi connectivity index (χ0n) is 11.6. The minimum atomic E-state index is 0.731. The molecule has 0 saturated carbocycles. The molecule has 0 amide bonds. The lowest BCUT2D eigenvalue weighted by Gasteiger charge is -2.29. The number of nitrogens with zero attached hydrogens (tertiary/aromatic N) is 5. The van der Waals surface area contributed by atoms with Crippen molar-refractivity contribution in [1.82, 2.24) is 24.9 Å². The molecule has 0 radical (unpaired) electrons. The van der Waals surface area contributed by atoms with Crippen LogP contribution in [0, 0.1) is 0 Å². The molecular formula is C15H16N6. The normalized spacial score (nSPS) is 15.5. The molecule has 3 aromatic heterocycles. The summed E-state index contributed by atoms with van der Waals surface area (Å²) in [7, 11) is 0. The number of piperazine rings is 1. The Balaban J connectivity index is 1.71. The Kier molecular flexibility index (Phi) is 3.01. The number of aromatic nitrogens is 4. The zero-order chi connectivity index (χ0) is 14.1. The Morgan fingerprint density at radius 2 is 1.86 bits per heavy atom. The lowest BCUT2D eigenvalue weighted by atomic mass is 10.2. The Morgan fingerprint density at radius 1 is 1.05 bits per heavy atom. The van der Waals surface area contributed by atoms with Crippen LogP contribution in [0.15, 0.2) is 42.9 Å². The van der Waals surface area contributed by atoms with Crippen molar-refractivity contribution in [2.24, 2.45) is 0 Å². The van der Waals surface area contributed by atoms with Gasteiger partial charge < -0.3 is 10.2 Å². The van der Waals surface area contributed by atoms with Gasteiger partial charge in [-0.25, -0.2) is 9.50 Å². The maximum absolute atomic E-state index is 4.62. The molecule has 6 nitrogen and oxygen atoms in total. The Morgan fingerprint density at radius 3 is 2.67 bits per heavy atom. The maximum Gasteiger partial charge on any atom is 0.182 e. The van der Waals surface area contributed by atoms with Crippen LogP contribution in [-0.4, -0.2) is 45.8 Å². The predicted molar refractivity (Wildman–Crippen MR) is 81.3 cm³/mol. The van der Waals surface area contributed by atoms with E-state index in [0.29, 0.717) is 0 Å². The van der Waals surface area contributed by atoms with Gasteiger partial charge in [-0.3, -0.25) is 4.98 Å². The molecule has 3 aromatic rings. The van der Waals surface area contributed by atoms with Gasteiger partial charge in [0.2, 0.25) is 0 Å². The molecule has 1 N–H and O–H groups in total. The first kappa shape index (κ1) is 12.3. The summed E-state index contributed by atoms with van der Waals surface area (Å²) in [4.78, 5) is 11.0. The molecule has 4 heterocycles. The van der Waals surface area contributed by atoms with Gasteiger partial charge in [0, 0.05) is 62.1 Å². The van der Waals surface area contributed by atoms with Gasteiger partial charge in [-0.05, 0) is 18.2 Å². The number of hydrogen-bond donors (Lipinski definition) is 1. The fourth-order valence-corrected chi connectivity index (χ4v) is 2.61. The van der Waals surface area contributed by atoms with E-state index in [0.717, 1.165) is 43.2 Å². The van der Waals surface area contributed by atoms with Gasteiger partial charge in [-0.1, -0.05) is 0 Å². The van der Waals surface area contributed by atoms with Crippen molar-refractivity contribution in [2.75, 3.05) is 31.1 Å². The van der Waals surface area contributed by atoms with Crippen molar-refractivity contribution in [3.63, 3.8) is 0 Å². The molecule has 0 aromatic carbocycles. The summed E-state index contributed by atoms with van der Waals surface area (Å²) >= 11 is 0. The summed E-state index contributed by atoms with van der Waals surface area (Å²) in [6, 6.07) is 8.05. The van der Waals surface area contributed by atoms with Crippen molar-refractivity contribution in [3.8, 4) is 11.4 Å². The molecule has 4 rings (SSSR count). The van der Waals surface area contributed by atoms with Gasteiger partial charge in [0.1, 0.15) is 0 Å². The molecule has 0 atom stereocenters. The van der Waals surface area contributed by atoms with Crippen molar-refractivity contribution >= 4 is 11.3 Å². The Bertz CT molecular complexity index is 745. The topological polar surface area (TPSA) is 58.4 Å². The summed E-state index contributed by atoms with van der Waals surface area (Å²) in [5.41, 5.74) is 3.06. The van der Waals surface area contributed by atoms with E-state index in [1.54, 1.807) is 12.4 Å². The third-order valence-corrected chi connectivity index (χ3v) is 3.74. The highest BCUT2D eigenvalue weighted by molar-refractivity contribution is 5.61. The fourth-order valence-electron chi connectivity index (χ4n) is 2.61. The first-order chi connectivity index (χ1) is 10.4. The molecule has 0 bridgehead atoms. The molecule has 0 unspecified atom stereocenters. The summed E-state index contributed by atoms with van der Waals surface area (Å²) < 4.78 is 1.82. The van der Waals surface area contributed by atoms with Gasteiger partial charge in [-0.2, -0.15) is 0 Å². The zero-order valence-corrected chi connectivity index (χ0v) is 11.6. The summed E-state index contributed by atoms with van der Waals surface area (Å²) in [6.07, 6.45) is 5.49. The van der Waals surface area contributed by atoms with E-state index in [1.165, 1.54) is 5.69 Å². The van der Waals surface area contributed by atoms with Crippen LogP contribution in [0.2, 0.25) is 0 Å². The lowest BCUT2D eigenvalue weighted by Crippen LogP contribution is -2.43. The van der Waals surface area contributed by atoms with Crippen LogP contribution in [-0.2, 0) is 0 Å². The standard InChI is InChI=1S/C15H16N6/c1-4-16-5-2-12(1)15-18-14-11-13(3-8-21(14)19-15)20-9-6-17-7-10-20/h1-5,8,11,17H,6-7,9-10H2. The average molecular weight is 280 g/mol.